The highest BCUT2D eigenvalue weighted by Gasteiger charge is 2.20. The van der Waals surface area contributed by atoms with Gasteiger partial charge in [0, 0.05) is 0 Å². The normalized spacial score (nSPS) is 12.1. The molecule has 130 valence electrons. The van der Waals surface area contributed by atoms with Crippen molar-refractivity contribution in [1.29, 1.82) is 0 Å². The van der Waals surface area contributed by atoms with Gasteiger partial charge in [0.1, 0.15) is 5.82 Å². The quantitative estimate of drug-likeness (QED) is 0.400. The smallest absolute Gasteiger partial charge is 0.335 e. The molecule has 0 aliphatic rings. The van der Waals surface area contributed by atoms with Gasteiger partial charge in [-0.05, 0) is 31.0 Å². The van der Waals surface area contributed by atoms with E-state index in [1.54, 1.807) is 19.1 Å². The molecule has 0 saturated heterocycles. The van der Waals surface area contributed by atoms with Crippen LogP contribution in [0.15, 0.2) is 24.3 Å². The standard InChI is InChI=1S/C19H29FO3/c1-3-5-6-7-8-9-10-18(19(21)22-4-2)23-15-16-11-13-17(20)14-12-16/h11-14,18H,3-10,15H2,1-2H3. The van der Waals surface area contributed by atoms with Crippen molar-refractivity contribution in [1.82, 2.24) is 0 Å². The lowest BCUT2D eigenvalue weighted by Crippen LogP contribution is -2.26. The van der Waals surface area contributed by atoms with Gasteiger partial charge in [-0.3, -0.25) is 0 Å². The fourth-order valence-corrected chi connectivity index (χ4v) is 2.39. The Morgan fingerprint density at radius 3 is 2.35 bits per heavy atom. The molecule has 0 N–H and O–H groups in total. The van der Waals surface area contributed by atoms with Crippen molar-refractivity contribution in [3.05, 3.63) is 35.6 Å². The van der Waals surface area contributed by atoms with Crippen LogP contribution in [-0.4, -0.2) is 18.7 Å². The highest BCUT2D eigenvalue weighted by molar-refractivity contribution is 5.74. The van der Waals surface area contributed by atoms with Crippen molar-refractivity contribution in [2.45, 2.75) is 71.5 Å². The fraction of sp³-hybridized carbons (Fsp3) is 0.632. The summed E-state index contributed by atoms with van der Waals surface area (Å²) >= 11 is 0. The van der Waals surface area contributed by atoms with E-state index in [4.69, 9.17) is 9.47 Å². The molecular formula is C19H29FO3. The van der Waals surface area contributed by atoms with Gasteiger partial charge >= 0.3 is 5.97 Å². The Hall–Kier alpha value is -1.42. The average molecular weight is 324 g/mol. The Kier molecular flexibility index (Phi) is 10.3. The first-order chi connectivity index (χ1) is 11.2. The highest BCUT2D eigenvalue weighted by Crippen LogP contribution is 2.14. The minimum Gasteiger partial charge on any atom is -0.464 e. The molecule has 23 heavy (non-hydrogen) atoms. The number of ether oxygens (including phenoxy) is 2. The van der Waals surface area contributed by atoms with Crippen LogP contribution in [0.5, 0.6) is 0 Å². The van der Waals surface area contributed by atoms with Gasteiger partial charge in [-0.25, -0.2) is 9.18 Å². The Labute approximate surface area is 139 Å². The number of carbonyl (C=O) groups is 1. The Balaban J connectivity index is 2.38. The second-order valence-corrected chi connectivity index (χ2v) is 5.73. The number of benzene rings is 1. The van der Waals surface area contributed by atoms with E-state index >= 15 is 0 Å². The van der Waals surface area contributed by atoms with E-state index < -0.39 is 6.10 Å². The topological polar surface area (TPSA) is 35.5 Å². The summed E-state index contributed by atoms with van der Waals surface area (Å²) in [7, 11) is 0. The lowest BCUT2D eigenvalue weighted by molar-refractivity contribution is -0.158. The number of unbranched alkanes of at least 4 members (excludes halogenated alkanes) is 5. The van der Waals surface area contributed by atoms with Crippen LogP contribution in [0, 0.1) is 5.82 Å². The summed E-state index contributed by atoms with van der Waals surface area (Å²) in [5.41, 5.74) is 0.851. The molecule has 0 fully saturated rings. The minimum absolute atomic E-state index is 0.275. The summed E-state index contributed by atoms with van der Waals surface area (Å²) in [6.45, 7) is 4.63. The van der Waals surface area contributed by atoms with E-state index in [1.807, 2.05) is 0 Å². The first-order valence-electron chi connectivity index (χ1n) is 8.70. The molecule has 0 spiro atoms. The maximum atomic E-state index is 12.9. The van der Waals surface area contributed by atoms with Crippen LogP contribution in [0.4, 0.5) is 4.39 Å². The van der Waals surface area contributed by atoms with Crippen molar-refractivity contribution in [2.75, 3.05) is 6.61 Å². The highest BCUT2D eigenvalue weighted by atomic mass is 19.1. The van der Waals surface area contributed by atoms with E-state index in [1.165, 1.54) is 37.8 Å². The van der Waals surface area contributed by atoms with Crippen LogP contribution in [0.1, 0.15) is 64.4 Å². The molecular weight excluding hydrogens is 295 g/mol. The summed E-state index contributed by atoms with van der Waals surface area (Å²) in [6.07, 6.45) is 7.14. The van der Waals surface area contributed by atoms with Crippen molar-refractivity contribution >= 4 is 5.97 Å². The zero-order valence-corrected chi connectivity index (χ0v) is 14.4. The molecule has 0 bridgehead atoms. The van der Waals surface area contributed by atoms with Gasteiger partial charge in [-0.15, -0.1) is 0 Å². The van der Waals surface area contributed by atoms with Gasteiger partial charge in [-0.1, -0.05) is 57.6 Å². The number of hydrogen-bond donors (Lipinski definition) is 0. The molecule has 1 unspecified atom stereocenters. The third-order valence-electron chi connectivity index (χ3n) is 3.73. The molecule has 0 amide bonds. The van der Waals surface area contributed by atoms with E-state index in [9.17, 15) is 9.18 Å². The molecule has 3 nitrogen and oxygen atoms in total. The molecule has 1 rings (SSSR count). The van der Waals surface area contributed by atoms with E-state index in [0.29, 0.717) is 19.6 Å². The van der Waals surface area contributed by atoms with E-state index in [-0.39, 0.29) is 11.8 Å². The molecule has 0 saturated carbocycles. The average Bonchev–Trinajstić information content (AvgIpc) is 2.55. The van der Waals surface area contributed by atoms with Crippen LogP contribution in [0.3, 0.4) is 0 Å². The Morgan fingerprint density at radius 2 is 1.70 bits per heavy atom. The molecule has 1 atom stereocenters. The van der Waals surface area contributed by atoms with E-state index in [0.717, 1.165) is 18.4 Å². The first-order valence-corrected chi connectivity index (χ1v) is 8.70. The van der Waals surface area contributed by atoms with Crippen molar-refractivity contribution < 1.29 is 18.7 Å². The summed E-state index contributed by atoms with van der Waals surface area (Å²) in [5, 5.41) is 0. The second kappa shape index (κ2) is 12.1. The fourth-order valence-electron chi connectivity index (χ4n) is 2.39. The molecule has 0 aromatic heterocycles. The summed E-state index contributed by atoms with van der Waals surface area (Å²) in [5.74, 6) is -0.578. The van der Waals surface area contributed by atoms with Crippen LogP contribution in [-0.2, 0) is 20.9 Å². The maximum absolute atomic E-state index is 12.9. The first kappa shape index (κ1) is 19.6. The van der Waals surface area contributed by atoms with Gasteiger partial charge < -0.3 is 9.47 Å². The van der Waals surface area contributed by atoms with Gasteiger partial charge in [0.2, 0.25) is 0 Å². The van der Waals surface area contributed by atoms with Gasteiger partial charge in [0.05, 0.1) is 13.2 Å². The van der Waals surface area contributed by atoms with Crippen molar-refractivity contribution in [3.63, 3.8) is 0 Å². The Morgan fingerprint density at radius 1 is 1.04 bits per heavy atom. The predicted octanol–water partition coefficient (Wildman–Crippen LogP) is 5.02. The van der Waals surface area contributed by atoms with Crippen molar-refractivity contribution in [2.24, 2.45) is 0 Å². The van der Waals surface area contributed by atoms with Crippen LogP contribution < -0.4 is 0 Å². The number of hydrogen-bond acceptors (Lipinski definition) is 3. The molecule has 0 aliphatic heterocycles. The molecule has 1 aromatic carbocycles. The van der Waals surface area contributed by atoms with Crippen LogP contribution in [0.25, 0.3) is 0 Å². The summed E-state index contributed by atoms with van der Waals surface area (Å²) in [4.78, 5) is 12.0. The SMILES string of the molecule is CCCCCCCCC(OCc1ccc(F)cc1)C(=O)OCC. The molecule has 4 heteroatoms. The third-order valence-corrected chi connectivity index (χ3v) is 3.73. The van der Waals surface area contributed by atoms with E-state index in [2.05, 4.69) is 6.92 Å². The zero-order chi connectivity index (χ0) is 16.9. The maximum Gasteiger partial charge on any atom is 0.335 e. The largest absolute Gasteiger partial charge is 0.464 e. The minimum atomic E-state index is -0.536. The number of halogens is 1. The number of carbonyl (C=O) groups excluding carboxylic acids is 1. The zero-order valence-electron chi connectivity index (χ0n) is 14.4. The predicted molar refractivity (Wildman–Crippen MR) is 89.6 cm³/mol. The van der Waals surface area contributed by atoms with Crippen LogP contribution >= 0.6 is 0 Å². The number of esters is 1. The van der Waals surface area contributed by atoms with Crippen molar-refractivity contribution in [3.8, 4) is 0 Å². The van der Waals surface area contributed by atoms with Crippen LogP contribution in [0.2, 0.25) is 0 Å². The second-order valence-electron chi connectivity index (χ2n) is 5.73. The van der Waals surface area contributed by atoms with Gasteiger partial charge in [-0.2, -0.15) is 0 Å². The van der Waals surface area contributed by atoms with Gasteiger partial charge in [0.15, 0.2) is 6.10 Å². The number of rotatable bonds is 12. The third kappa shape index (κ3) is 8.70. The molecule has 0 radical (unpaired) electrons. The van der Waals surface area contributed by atoms with Gasteiger partial charge in [0.25, 0.3) is 0 Å². The monoisotopic (exact) mass is 324 g/mol. The lowest BCUT2D eigenvalue weighted by atomic mass is 10.1. The molecule has 1 aromatic rings. The molecule has 0 aliphatic carbocycles. The lowest BCUT2D eigenvalue weighted by Gasteiger charge is -2.16. The Bertz CT molecular complexity index is 431. The summed E-state index contributed by atoms with van der Waals surface area (Å²) < 4.78 is 23.7. The summed E-state index contributed by atoms with van der Waals surface area (Å²) in [6, 6.07) is 6.13. The molecule has 0 heterocycles.